The molecular formula is C18H32N2S. The fraction of sp³-hybridized carbons (Fsp3) is 0.833. The van der Waals surface area contributed by atoms with Gasteiger partial charge in [-0.1, -0.05) is 47.0 Å². The molecule has 3 heteroatoms. The zero-order valence-corrected chi connectivity index (χ0v) is 15.1. The maximum Gasteiger partial charge on any atom is 0.0946 e. The van der Waals surface area contributed by atoms with Gasteiger partial charge in [0.15, 0.2) is 0 Å². The molecule has 120 valence electrons. The molecule has 1 aromatic rings. The molecule has 0 bridgehead atoms. The number of thiazole rings is 1. The molecule has 2 N–H and O–H groups in total. The van der Waals surface area contributed by atoms with Gasteiger partial charge < -0.3 is 5.73 Å². The van der Waals surface area contributed by atoms with E-state index in [1.807, 2.05) is 0 Å². The predicted molar refractivity (Wildman–Crippen MR) is 92.9 cm³/mol. The van der Waals surface area contributed by atoms with Crippen LogP contribution < -0.4 is 5.73 Å². The number of nitrogens with two attached hydrogens (primary N) is 1. The summed E-state index contributed by atoms with van der Waals surface area (Å²) in [5.41, 5.74) is 8.02. The van der Waals surface area contributed by atoms with Gasteiger partial charge in [-0.25, -0.2) is 4.98 Å². The van der Waals surface area contributed by atoms with Crippen LogP contribution in [0.5, 0.6) is 0 Å². The van der Waals surface area contributed by atoms with Gasteiger partial charge >= 0.3 is 0 Å². The third-order valence-corrected chi connectivity index (χ3v) is 5.74. The largest absolute Gasteiger partial charge is 0.325 e. The van der Waals surface area contributed by atoms with Crippen molar-refractivity contribution in [3.8, 4) is 0 Å². The van der Waals surface area contributed by atoms with E-state index < -0.39 is 0 Å². The Bertz CT molecular complexity index is 436. The van der Waals surface area contributed by atoms with Crippen molar-refractivity contribution in [2.45, 2.75) is 90.0 Å². The fourth-order valence-corrected chi connectivity index (χ4v) is 4.42. The molecule has 0 radical (unpaired) electrons. The summed E-state index contributed by atoms with van der Waals surface area (Å²) in [4.78, 5) is 4.83. The quantitative estimate of drug-likeness (QED) is 0.825. The predicted octanol–water partition coefficient (Wildman–Crippen LogP) is 5.06. The van der Waals surface area contributed by atoms with Crippen LogP contribution in [0, 0.1) is 5.92 Å². The minimum atomic E-state index is -0.00424. The normalized spacial score (nSPS) is 27.0. The first-order chi connectivity index (χ1) is 9.82. The summed E-state index contributed by atoms with van der Waals surface area (Å²) in [6, 6.07) is 0. The lowest BCUT2D eigenvalue weighted by atomic mass is 9.74. The molecule has 1 saturated carbocycles. The SMILES string of the molecule is CCCCC1CCC(N)(Cc2nc(C(C)(C)C)cs2)CC1. The molecule has 0 amide bonds. The molecule has 0 unspecified atom stereocenters. The molecule has 1 aliphatic rings. The minimum Gasteiger partial charge on any atom is -0.325 e. The van der Waals surface area contributed by atoms with Gasteiger partial charge in [0, 0.05) is 22.8 Å². The second-order valence-corrected chi connectivity index (χ2v) is 8.94. The van der Waals surface area contributed by atoms with E-state index >= 15 is 0 Å². The molecule has 2 rings (SSSR count). The summed E-state index contributed by atoms with van der Waals surface area (Å²) < 4.78 is 0. The van der Waals surface area contributed by atoms with E-state index in [1.54, 1.807) is 11.3 Å². The van der Waals surface area contributed by atoms with E-state index in [0.29, 0.717) is 0 Å². The van der Waals surface area contributed by atoms with Crippen LogP contribution in [0.25, 0.3) is 0 Å². The smallest absolute Gasteiger partial charge is 0.0946 e. The van der Waals surface area contributed by atoms with E-state index in [4.69, 9.17) is 10.7 Å². The van der Waals surface area contributed by atoms with E-state index in [0.717, 1.165) is 12.3 Å². The molecule has 0 spiro atoms. The average molecular weight is 309 g/mol. The highest BCUT2D eigenvalue weighted by Crippen LogP contribution is 2.36. The molecular weight excluding hydrogens is 276 g/mol. The van der Waals surface area contributed by atoms with Gasteiger partial charge in [-0.3, -0.25) is 0 Å². The van der Waals surface area contributed by atoms with Crippen molar-refractivity contribution >= 4 is 11.3 Å². The van der Waals surface area contributed by atoms with Crippen molar-refractivity contribution in [1.82, 2.24) is 4.98 Å². The molecule has 0 atom stereocenters. The standard InChI is InChI=1S/C18H32N2S/c1-5-6-7-14-8-10-18(19,11-9-14)12-16-20-15(13-21-16)17(2,3)4/h13-14H,5-12,19H2,1-4H3. The Balaban J connectivity index is 1.89. The molecule has 2 nitrogen and oxygen atoms in total. The van der Waals surface area contributed by atoms with Crippen molar-refractivity contribution in [2.24, 2.45) is 11.7 Å². The zero-order valence-electron chi connectivity index (χ0n) is 14.2. The van der Waals surface area contributed by atoms with Gasteiger partial charge in [0.2, 0.25) is 0 Å². The number of rotatable bonds is 5. The molecule has 1 heterocycles. The van der Waals surface area contributed by atoms with Crippen molar-refractivity contribution in [3.63, 3.8) is 0 Å². The van der Waals surface area contributed by atoms with Crippen LogP contribution >= 0.6 is 11.3 Å². The summed E-state index contributed by atoms with van der Waals surface area (Å²) in [5, 5.41) is 3.44. The van der Waals surface area contributed by atoms with Gasteiger partial charge in [-0.2, -0.15) is 0 Å². The third-order valence-electron chi connectivity index (χ3n) is 4.89. The molecule has 21 heavy (non-hydrogen) atoms. The second-order valence-electron chi connectivity index (χ2n) is 8.00. The van der Waals surface area contributed by atoms with E-state index in [2.05, 4.69) is 33.1 Å². The molecule has 1 aromatic heterocycles. The number of hydrogen-bond donors (Lipinski definition) is 1. The average Bonchev–Trinajstić information content (AvgIpc) is 2.86. The number of unbranched alkanes of at least 4 members (excludes halogenated alkanes) is 1. The second kappa shape index (κ2) is 6.78. The van der Waals surface area contributed by atoms with E-state index in [9.17, 15) is 0 Å². The van der Waals surface area contributed by atoms with E-state index in [1.165, 1.54) is 55.6 Å². The van der Waals surface area contributed by atoms with Gasteiger partial charge in [-0.05, 0) is 31.6 Å². The summed E-state index contributed by atoms with van der Waals surface area (Å²) in [7, 11) is 0. The maximum atomic E-state index is 6.67. The van der Waals surface area contributed by atoms with Crippen molar-refractivity contribution in [3.05, 3.63) is 16.1 Å². The fourth-order valence-electron chi connectivity index (χ4n) is 3.25. The van der Waals surface area contributed by atoms with Gasteiger partial charge in [0.25, 0.3) is 0 Å². The van der Waals surface area contributed by atoms with Crippen molar-refractivity contribution in [2.75, 3.05) is 0 Å². The summed E-state index contributed by atoms with van der Waals surface area (Å²) in [5.74, 6) is 0.919. The van der Waals surface area contributed by atoms with Crippen LogP contribution in [0.1, 0.15) is 83.3 Å². The Labute approximate surface area is 134 Å². The highest BCUT2D eigenvalue weighted by Gasteiger charge is 2.32. The van der Waals surface area contributed by atoms with Gasteiger partial charge in [-0.15, -0.1) is 11.3 Å². The highest BCUT2D eigenvalue weighted by atomic mass is 32.1. The van der Waals surface area contributed by atoms with Crippen LogP contribution in [0.3, 0.4) is 0 Å². The Morgan fingerprint density at radius 1 is 1.33 bits per heavy atom. The van der Waals surface area contributed by atoms with Gasteiger partial charge in [0.1, 0.15) is 0 Å². The van der Waals surface area contributed by atoms with Crippen LogP contribution in [-0.2, 0) is 11.8 Å². The van der Waals surface area contributed by atoms with Crippen LogP contribution in [0.2, 0.25) is 0 Å². The topological polar surface area (TPSA) is 38.9 Å². The first-order valence-corrected chi connectivity index (χ1v) is 9.44. The first-order valence-electron chi connectivity index (χ1n) is 8.56. The van der Waals surface area contributed by atoms with Crippen LogP contribution in [-0.4, -0.2) is 10.5 Å². The summed E-state index contributed by atoms with van der Waals surface area (Å²) in [6.07, 6.45) is 10.0. The Morgan fingerprint density at radius 3 is 2.52 bits per heavy atom. The Morgan fingerprint density at radius 2 is 2.00 bits per heavy atom. The Kier molecular flexibility index (Phi) is 5.48. The first kappa shape index (κ1) is 17.0. The van der Waals surface area contributed by atoms with Crippen molar-refractivity contribution < 1.29 is 0 Å². The number of aromatic nitrogens is 1. The molecule has 0 aliphatic heterocycles. The lowest BCUT2D eigenvalue weighted by Crippen LogP contribution is -2.45. The molecule has 1 fully saturated rings. The highest BCUT2D eigenvalue weighted by molar-refractivity contribution is 7.09. The lowest BCUT2D eigenvalue weighted by molar-refractivity contribution is 0.221. The summed E-state index contributed by atoms with van der Waals surface area (Å²) >= 11 is 1.79. The summed E-state index contributed by atoms with van der Waals surface area (Å²) in [6.45, 7) is 8.96. The number of hydrogen-bond acceptors (Lipinski definition) is 3. The number of nitrogens with zero attached hydrogens (tertiary/aromatic N) is 1. The minimum absolute atomic E-state index is 0.00424. The van der Waals surface area contributed by atoms with Gasteiger partial charge in [0.05, 0.1) is 10.7 Å². The van der Waals surface area contributed by atoms with Crippen molar-refractivity contribution in [1.29, 1.82) is 0 Å². The zero-order chi connectivity index (χ0) is 15.5. The lowest BCUT2D eigenvalue weighted by Gasteiger charge is -2.37. The molecule has 1 aliphatic carbocycles. The molecule has 0 aromatic carbocycles. The van der Waals surface area contributed by atoms with Crippen LogP contribution in [0.4, 0.5) is 0 Å². The van der Waals surface area contributed by atoms with Crippen LogP contribution in [0.15, 0.2) is 5.38 Å². The monoisotopic (exact) mass is 308 g/mol. The molecule has 0 saturated heterocycles. The maximum absolute atomic E-state index is 6.67. The Hall–Kier alpha value is -0.410. The third kappa shape index (κ3) is 4.79. The van der Waals surface area contributed by atoms with E-state index in [-0.39, 0.29) is 11.0 Å².